The Balaban J connectivity index is 3.20. The summed E-state index contributed by atoms with van der Waals surface area (Å²) in [7, 11) is 5.68. The summed E-state index contributed by atoms with van der Waals surface area (Å²) >= 11 is 0. The molecule has 1 rings (SSSR count). The normalized spacial score (nSPS) is 9.74. The Morgan fingerprint density at radius 3 is 2.05 bits per heavy atom. The van der Waals surface area contributed by atoms with E-state index in [1.54, 1.807) is 19.1 Å². The Kier molecular flexibility index (Phi) is 4.74. The van der Waals surface area contributed by atoms with E-state index in [1.807, 2.05) is 0 Å². The number of hydrogen-bond acceptors (Lipinski definition) is 5. The highest BCUT2D eigenvalue weighted by Gasteiger charge is 2.23. The van der Waals surface area contributed by atoms with Gasteiger partial charge in [-0.25, -0.2) is 4.79 Å². The lowest BCUT2D eigenvalue weighted by Gasteiger charge is -2.20. The predicted molar refractivity (Wildman–Crippen MR) is 69.7 cm³/mol. The summed E-state index contributed by atoms with van der Waals surface area (Å²) in [4.78, 5) is 24.2. The maximum atomic E-state index is 11.8. The van der Waals surface area contributed by atoms with Gasteiger partial charge in [0.1, 0.15) is 0 Å². The molecule has 6 heteroatoms. The third-order valence-electron chi connectivity index (χ3n) is 2.73. The first kappa shape index (κ1) is 14.8. The van der Waals surface area contributed by atoms with Crippen molar-refractivity contribution in [1.82, 2.24) is 0 Å². The minimum absolute atomic E-state index is 0.479. The van der Waals surface area contributed by atoms with Crippen LogP contribution < -0.4 is 14.4 Å². The van der Waals surface area contributed by atoms with E-state index >= 15 is 0 Å². The van der Waals surface area contributed by atoms with E-state index in [1.165, 1.54) is 26.2 Å². The molecule has 0 saturated carbocycles. The van der Waals surface area contributed by atoms with Crippen molar-refractivity contribution in [2.45, 2.75) is 6.92 Å². The van der Waals surface area contributed by atoms with Crippen LogP contribution in [0.15, 0.2) is 12.1 Å². The molecule has 104 valence electrons. The van der Waals surface area contributed by atoms with Crippen LogP contribution in [-0.4, -0.2) is 40.3 Å². The quantitative estimate of drug-likeness (QED) is 0.607. The van der Waals surface area contributed by atoms with Crippen LogP contribution in [0.25, 0.3) is 0 Å². The Bertz CT molecular complexity index is 498. The number of rotatable bonds is 3. The number of likely N-dealkylation sites (N-methyl/N-ethyl adjacent to an activating group) is 1. The molecule has 0 aliphatic heterocycles. The number of hydrogen-bond donors (Lipinski definition) is 0. The van der Waals surface area contributed by atoms with Crippen LogP contribution in [0.5, 0.6) is 11.5 Å². The first-order valence-electron chi connectivity index (χ1n) is 5.54. The van der Waals surface area contributed by atoms with Gasteiger partial charge in [0, 0.05) is 13.1 Å². The summed E-state index contributed by atoms with van der Waals surface area (Å²) in [5, 5.41) is 0. The van der Waals surface area contributed by atoms with Crippen LogP contribution in [0.3, 0.4) is 0 Å². The number of anilines is 1. The number of carbonyl (C=O) groups is 2. The molecule has 1 amide bonds. The number of ether oxygens (including phenoxy) is 3. The topological polar surface area (TPSA) is 65.1 Å². The van der Waals surface area contributed by atoms with Crippen LogP contribution in [0, 0.1) is 6.92 Å². The lowest BCUT2D eigenvalue weighted by molar-refractivity contribution is -0.151. The van der Waals surface area contributed by atoms with Gasteiger partial charge in [0.05, 0.1) is 27.0 Å². The molecule has 0 aromatic heterocycles. The van der Waals surface area contributed by atoms with Crippen LogP contribution in [0.1, 0.15) is 5.56 Å². The zero-order valence-electron chi connectivity index (χ0n) is 11.6. The van der Waals surface area contributed by atoms with Gasteiger partial charge in [0.15, 0.2) is 11.5 Å². The number of esters is 1. The number of benzene rings is 1. The molecule has 6 nitrogen and oxygen atoms in total. The summed E-state index contributed by atoms with van der Waals surface area (Å²) < 4.78 is 14.7. The van der Waals surface area contributed by atoms with Gasteiger partial charge in [-0.1, -0.05) is 0 Å². The van der Waals surface area contributed by atoms with E-state index in [9.17, 15) is 9.59 Å². The van der Waals surface area contributed by atoms with E-state index in [0.29, 0.717) is 17.2 Å². The highest BCUT2D eigenvalue weighted by Crippen LogP contribution is 2.34. The first-order valence-corrected chi connectivity index (χ1v) is 5.54. The highest BCUT2D eigenvalue weighted by molar-refractivity contribution is 6.38. The molecule has 0 heterocycles. The number of amides is 1. The fourth-order valence-corrected chi connectivity index (χ4v) is 1.66. The molecule has 0 saturated heterocycles. The maximum Gasteiger partial charge on any atom is 0.397 e. The van der Waals surface area contributed by atoms with Gasteiger partial charge in [-0.15, -0.1) is 0 Å². The van der Waals surface area contributed by atoms with E-state index in [-0.39, 0.29) is 0 Å². The summed E-state index contributed by atoms with van der Waals surface area (Å²) in [5.41, 5.74) is 1.32. The second-order valence-electron chi connectivity index (χ2n) is 3.85. The van der Waals surface area contributed by atoms with Crippen LogP contribution in [0.4, 0.5) is 5.69 Å². The fraction of sp³-hybridized carbons (Fsp3) is 0.385. The fourth-order valence-electron chi connectivity index (χ4n) is 1.66. The van der Waals surface area contributed by atoms with Crippen LogP contribution in [-0.2, 0) is 14.3 Å². The lowest BCUT2D eigenvalue weighted by atomic mass is 10.1. The summed E-state index contributed by atoms with van der Waals surface area (Å²) in [6, 6.07) is 3.37. The molecule has 1 aromatic carbocycles. The molecule has 0 fully saturated rings. The van der Waals surface area contributed by atoms with Crippen LogP contribution >= 0.6 is 0 Å². The number of methoxy groups -OCH3 is 3. The van der Waals surface area contributed by atoms with E-state index in [2.05, 4.69) is 4.74 Å². The van der Waals surface area contributed by atoms with Gasteiger partial charge < -0.3 is 19.1 Å². The Hall–Kier alpha value is -2.24. The van der Waals surface area contributed by atoms with Gasteiger partial charge in [0.25, 0.3) is 0 Å². The molecule has 1 aromatic rings. The number of nitrogens with zero attached hydrogens (tertiary/aromatic N) is 1. The molecule has 0 unspecified atom stereocenters. The van der Waals surface area contributed by atoms with Crippen molar-refractivity contribution in [2.24, 2.45) is 0 Å². The number of carbonyl (C=O) groups excluding carboxylic acids is 2. The minimum Gasteiger partial charge on any atom is -0.493 e. The van der Waals surface area contributed by atoms with Crippen molar-refractivity contribution in [2.75, 3.05) is 33.3 Å². The standard InChI is InChI=1S/C13H17NO5/c1-8-6-10(17-3)11(18-4)7-9(8)14(2)12(15)13(16)19-5/h6-7H,1-5H3. The van der Waals surface area contributed by atoms with Crippen molar-refractivity contribution in [3.63, 3.8) is 0 Å². The Morgan fingerprint density at radius 2 is 1.58 bits per heavy atom. The second kappa shape index (κ2) is 6.08. The lowest BCUT2D eigenvalue weighted by Crippen LogP contribution is -2.34. The third kappa shape index (κ3) is 2.96. The minimum atomic E-state index is -0.920. The summed E-state index contributed by atoms with van der Waals surface area (Å²) in [6.07, 6.45) is 0. The average molecular weight is 267 g/mol. The van der Waals surface area contributed by atoms with Gasteiger partial charge >= 0.3 is 11.9 Å². The monoisotopic (exact) mass is 267 g/mol. The molecule has 0 aliphatic carbocycles. The Morgan fingerprint density at radius 1 is 1.05 bits per heavy atom. The molecule has 0 radical (unpaired) electrons. The molecule has 0 atom stereocenters. The average Bonchev–Trinajstić information content (AvgIpc) is 2.44. The highest BCUT2D eigenvalue weighted by atomic mass is 16.5. The molecule has 0 aliphatic rings. The largest absolute Gasteiger partial charge is 0.493 e. The van der Waals surface area contributed by atoms with Crippen molar-refractivity contribution in [3.05, 3.63) is 17.7 Å². The SMILES string of the molecule is COC(=O)C(=O)N(C)c1cc(OC)c(OC)cc1C. The molecule has 0 N–H and O–H groups in total. The van der Waals surface area contributed by atoms with Crippen molar-refractivity contribution < 1.29 is 23.8 Å². The molecule has 0 spiro atoms. The molecule has 0 bridgehead atoms. The second-order valence-corrected chi connectivity index (χ2v) is 3.85. The summed E-state index contributed by atoms with van der Waals surface area (Å²) in [5.74, 6) is -0.634. The third-order valence-corrected chi connectivity index (χ3v) is 2.73. The Labute approximate surface area is 111 Å². The van der Waals surface area contributed by atoms with E-state index < -0.39 is 11.9 Å². The summed E-state index contributed by atoms with van der Waals surface area (Å²) in [6.45, 7) is 1.80. The predicted octanol–water partition coefficient (Wildman–Crippen LogP) is 1.15. The van der Waals surface area contributed by atoms with Crippen molar-refractivity contribution in [3.8, 4) is 11.5 Å². The smallest absolute Gasteiger partial charge is 0.397 e. The zero-order valence-corrected chi connectivity index (χ0v) is 11.6. The van der Waals surface area contributed by atoms with Gasteiger partial charge in [-0.3, -0.25) is 4.79 Å². The van der Waals surface area contributed by atoms with Gasteiger partial charge in [-0.05, 0) is 18.6 Å². The first-order chi connectivity index (χ1) is 8.96. The zero-order chi connectivity index (χ0) is 14.6. The van der Waals surface area contributed by atoms with Crippen molar-refractivity contribution >= 4 is 17.6 Å². The maximum absolute atomic E-state index is 11.8. The molecule has 19 heavy (non-hydrogen) atoms. The number of aryl methyl sites for hydroxylation is 1. The molecular weight excluding hydrogens is 250 g/mol. The van der Waals surface area contributed by atoms with Crippen LogP contribution in [0.2, 0.25) is 0 Å². The van der Waals surface area contributed by atoms with Gasteiger partial charge in [-0.2, -0.15) is 0 Å². The van der Waals surface area contributed by atoms with Crippen molar-refractivity contribution in [1.29, 1.82) is 0 Å². The van der Waals surface area contributed by atoms with E-state index in [4.69, 9.17) is 9.47 Å². The molecular formula is C13H17NO5. The van der Waals surface area contributed by atoms with Gasteiger partial charge in [0.2, 0.25) is 0 Å². The van der Waals surface area contributed by atoms with E-state index in [0.717, 1.165) is 12.7 Å².